The van der Waals surface area contributed by atoms with E-state index in [2.05, 4.69) is 25.8 Å². The molecule has 0 saturated carbocycles. The number of hydrogen-bond acceptors (Lipinski definition) is 5. The van der Waals surface area contributed by atoms with Crippen molar-refractivity contribution in [2.24, 2.45) is 14.1 Å². The molecule has 0 spiro atoms. The largest absolute Gasteiger partial charge is 0.460 e. The molecule has 8 heteroatoms. The Hall–Kier alpha value is -3.16. The van der Waals surface area contributed by atoms with Crippen LogP contribution in [0.1, 0.15) is 36.7 Å². The summed E-state index contributed by atoms with van der Waals surface area (Å²) in [4.78, 5) is 40.8. The van der Waals surface area contributed by atoms with Gasteiger partial charge in [-0.05, 0) is 23.1 Å². The molecular weight excluding hydrogens is 360 g/mol. The number of ether oxygens (including phenoxy) is 1. The molecule has 0 unspecified atom stereocenters. The number of hydrogen-bond donors (Lipinski definition) is 0. The number of aryl methyl sites for hydroxylation is 1. The SMILES string of the molecule is Cn1c(=O)c2c(ncn2CCOC(=O)c2ccc(C(C)(C)C)cc2)n(C)c1=O. The van der Waals surface area contributed by atoms with Gasteiger partial charge >= 0.3 is 11.7 Å². The van der Waals surface area contributed by atoms with Crippen molar-refractivity contribution in [2.45, 2.75) is 32.7 Å². The van der Waals surface area contributed by atoms with Gasteiger partial charge in [-0.15, -0.1) is 0 Å². The van der Waals surface area contributed by atoms with Crippen LogP contribution in [0, 0.1) is 0 Å². The fourth-order valence-electron chi connectivity index (χ4n) is 2.99. The first-order valence-electron chi connectivity index (χ1n) is 9.00. The summed E-state index contributed by atoms with van der Waals surface area (Å²) in [7, 11) is 2.98. The molecule has 3 aromatic rings. The van der Waals surface area contributed by atoms with Gasteiger partial charge in [-0.25, -0.2) is 14.6 Å². The van der Waals surface area contributed by atoms with Gasteiger partial charge in [0.2, 0.25) is 0 Å². The Labute approximate surface area is 162 Å². The molecule has 0 bridgehead atoms. The topological polar surface area (TPSA) is 88.1 Å². The number of carbonyl (C=O) groups is 1. The summed E-state index contributed by atoms with van der Waals surface area (Å²) in [5, 5.41) is 0. The monoisotopic (exact) mass is 384 g/mol. The molecule has 0 aliphatic rings. The molecule has 0 amide bonds. The van der Waals surface area contributed by atoms with E-state index in [0.29, 0.717) is 16.7 Å². The summed E-state index contributed by atoms with van der Waals surface area (Å²) in [5.41, 5.74) is 1.36. The van der Waals surface area contributed by atoms with Crippen molar-refractivity contribution in [2.75, 3.05) is 6.61 Å². The van der Waals surface area contributed by atoms with Gasteiger partial charge in [-0.1, -0.05) is 32.9 Å². The number of rotatable bonds is 4. The molecule has 2 aromatic heterocycles. The van der Waals surface area contributed by atoms with Gasteiger partial charge in [0.1, 0.15) is 6.61 Å². The van der Waals surface area contributed by atoms with Gasteiger partial charge in [0.05, 0.1) is 18.4 Å². The van der Waals surface area contributed by atoms with Crippen molar-refractivity contribution in [3.05, 3.63) is 62.6 Å². The molecule has 0 radical (unpaired) electrons. The molecule has 0 aliphatic heterocycles. The van der Waals surface area contributed by atoms with Crippen LogP contribution in [0.4, 0.5) is 0 Å². The van der Waals surface area contributed by atoms with Gasteiger partial charge in [-0.3, -0.25) is 13.9 Å². The Kier molecular flexibility index (Phi) is 4.97. The van der Waals surface area contributed by atoms with Crippen molar-refractivity contribution in [1.29, 1.82) is 0 Å². The third kappa shape index (κ3) is 3.49. The standard InChI is InChI=1S/C20H24N4O4/c1-20(2,3)14-8-6-13(7-9-14)18(26)28-11-10-24-12-21-16-15(24)17(25)23(5)19(27)22(16)4/h6-9,12H,10-11H2,1-5H3. The van der Waals surface area contributed by atoms with Crippen LogP contribution in [0.5, 0.6) is 0 Å². The number of benzene rings is 1. The minimum atomic E-state index is -0.437. The van der Waals surface area contributed by atoms with Gasteiger partial charge in [0, 0.05) is 14.1 Å². The van der Waals surface area contributed by atoms with Crippen molar-refractivity contribution in [3.8, 4) is 0 Å². The second-order valence-corrected chi connectivity index (χ2v) is 7.78. The van der Waals surface area contributed by atoms with Gasteiger partial charge in [-0.2, -0.15) is 0 Å². The predicted molar refractivity (Wildman–Crippen MR) is 106 cm³/mol. The van der Waals surface area contributed by atoms with Gasteiger partial charge < -0.3 is 9.30 Å². The smallest absolute Gasteiger partial charge is 0.338 e. The molecule has 0 fully saturated rings. The Morgan fingerprint density at radius 1 is 1.07 bits per heavy atom. The normalized spacial score (nSPS) is 11.8. The van der Waals surface area contributed by atoms with Crippen molar-refractivity contribution in [1.82, 2.24) is 18.7 Å². The van der Waals surface area contributed by atoms with Crippen LogP contribution < -0.4 is 11.2 Å². The highest BCUT2D eigenvalue weighted by Gasteiger charge is 2.16. The summed E-state index contributed by atoms with van der Waals surface area (Å²) in [6.45, 7) is 6.66. The maximum Gasteiger partial charge on any atom is 0.338 e. The Morgan fingerprint density at radius 2 is 1.71 bits per heavy atom. The van der Waals surface area contributed by atoms with Crippen LogP contribution in [0.15, 0.2) is 40.2 Å². The number of aromatic nitrogens is 4. The first-order valence-corrected chi connectivity index (χ1v) is 9.00. The number of nitrogens with zero attached hydrogens (tertiary/aromatic N) is 4. The Balaban J connectivity index is 1.73. The minimum Gasteiger partial charge on any atom is -0.460 e. The summed E-state index contributed by atoms with van der Waals surface area (Å²) >= 11 is 0. The number of carbonyl (C=O) groups excluding carboxylic acids is 1. The molecule has 1 aromatic carbocycles. The summed E-state index contributed by atoms with van der Waals surface area (Å²) in [6, 6.07) is 7.34. The second kappa shape index (κ2) is 7.10. The van der Waals surface area contributed by atoms with E-state index in [4.69, 9.17) is 4.74 Å². The van der Waals surface area contributed by atoms with Crippen LogP contribution in [0.3, 0.4) is 0 Å². The van der Waals surface area contributed by atoms with E-state index in [0.717, 1.165) is 10.1 Å². The van der Waals surface area contributed by atoms with E-state index in [1.807, 2.05) is 12.1 Å². The molecular formula is C20H24N4O4. The summed E-state index contributed by atoms with van der Waals surface area (Å²) in [6.07, 6.45) is 1.47. The number of esters is 1. The summed E-state index contributed by atoms with van der Waals surface area (Å²) < 4.78 is 9.27. The van der Waals surface area contributed by atoms with Crippen molar-refractivity contribution in [3.63, 3.8) is 0 Å². The first kappa shape index (κ1) is 19.6. The van der Waals surface area contributed by atoms with E-state index in [-0.39, 0.29) is 18.6 Å². The third-order valence-corrected chi connectivity index (χ3v) is 4.77. The quantitative estimate of drug-likeness (QED) is 0.638. The second-order valence-electron chi connectivity index (χ2n) is 7.78. The lowest BCUT2D eigenvalue weighted by atomic mass is 9.87. The lowest BCUT2D eigenvalue weighted by Gasteiger charge is -2.18. The predicted octanol–water partition coefficient (Wildman–Crippen LogP) is 1.59. The van der Waals surface area contributed by atoms with E-state index in [9.17, 15) is 14.4 Å². The average molecular weight is 384 g/mol. The molecule has 2 heterocycles. The van der Waals surface area contributed by atoms with Crippen molar-refractivity contribution >= 4 is 17.1 Å². The molecule has 0 N–H and O–H groups in total. The molecule has 0 atom stereocenters. The van der Waals surface area contributed by atoms with Crippen LogP contribution in [0.2, 0.25) is 0 Å². The zero-order chi connectivity index (χ0) is 20.6. The first-order chi connectivity index (χ1) is 13.1. The third-order valence-electron chi connectivity index (χ3n) is 4.77. The maximum absolute atomic E-state index is 12.4. The minimum absolute atomic E-state index is 0.0111. The molecule has 0 aliphatic carbocycles. The zero-order valence-corrected chi connectivity index (χ0v) is 16.7. The van der Waals surface area contributed by atoms with E-state index >= 15 is 0 Å². The van der Waals surface area contributed by atoms with Crippen LogP contribution in [-0.2, 0) is 30.8 Å². The lowest BCUT2D eigenvalue weighted by molar-refractivity contribution is 0.0492. The lowest BCUT2D eigenvalue weighted by Crippen LogP contribution is -2.37. The Morgan fingerprint density at radius 3 is 2.32 bits per heavy atom. The van der Waals surface area contributed by atoms with E-state index in [1.54, 1.807) is 23.7 Å². The van der Waals surface area contributed by atoms with Crippen LogP contribution >= 0.6 is 0 Å². The highest BCUT2D eigenvalue weighted by molar-refractivity contribution is 5.89. The number of fused-ring (bicyclic) bond motifs is 1. The molecule has 3 rings (SSSR count). The molecule has 0 saturated heterocycles. The fraction of sp³-hybridized carbons (Fsp3) is 0.400. The highest BCUT2D eigenvalue weighted by atomic mass is 16.5. The molecule has 148 valence electrons. The van der Waals surface area contributed by atoms with Crippen LogP contribution in [-0.4, -0.2) is 31.3 Å². The molecule has 8 nitrogen and oxygen atoms in total. The number of imidazole rings is 1. The highest BCUT2D eigenvalue weighted by Crippen LogP contribution is 2.22. The van der Waals surface area contributed by atoms with E-state index < -0.39 is 17.2 Å². The fourth-order valence-corrected chi connectivity index (χ4v) is 2.99. The zero-order valence-electron chi connectivity index (χ0n) is 16.7. The Bertz CT molecular complexity index is 1140. The van der Waals surface area contributed by atoms with Gasteiger partial charge in [0.25, 0.3) is 5.56 Å². The maximum atomic E-state index is 12.4. The average Bonchev–Trinajstić information content (AvgIpc) is 3.08. The van der Waals surface area contributed by atoms with Crippen LogP contribution in [0.25, 0.3) is 11.2 Å². The van der Waals surface area contributed by atoms with Crippen molar-refractivity contribution < 1.29 is 9.53 Å². The molecule has 28 heavy (non-hydrogen) atoms. The van der Waals surface area contributed by atoms with E-state index in [1.165, 1.54) is 17.9 Å². The van der Waals surface area contributed by atoms with Gasteiger partial charge in [0.15, 0.2) is 11.2 Å². The summed E-state index contributed by atoms with van der Waals surface area (Å²) in [5.74, 6) is -0.426.